The first-order chi connectivity index (χ1) is 8.65. The first-order valence-electron chi connectivity index (χ1n) is 5.47. The van der Waals surface area contributed by atoms with Gasteiger partial charge < -0.3 is 15.2 Å². The number of hydrogen-bond donors (Lipinski definition) is 2. The Balaban J connectivity index is 2.41. The summed E-state index contributed by atoms with van der Waals surface area (Å²) in [5.74, 6) is 0. The third-order valence-electron chi connectivity index (χ3n) is 2.21. The fourth-order valence-electron chi connectivity index (χ4n) is 1.34. The Morgan fingerprint density at radius 2 is 2.22 bits per heavy atom. The minimum absolute atomic E-state index is 0.00327. The molecule has 7 heteroatoms. The average molecular weight is 275 g/mol. The predicted molar refractivity (Wildman–Crippen MR) is 67.7 cm³/mol. The summed E-state index contributed by atoms with van der Waals surface area (Å²) in [6.45, 7) is 1.78. The lowest BCUT2D eigenvalue weighted by molar-refractivity contribution is -0.384. The lowest BCUT2D eigenvalue weighted by Crippen LogP contribution is -2.20. The summed E-state index contributed by atoms with van der Waals surface area (Å²) < 4.78 is 5.06. The second-order valence-corrected chi connectivity index (χ2v) is 3.95. The van der Waals surface area contributed by atoms with Crippen molar-refractivity contribution in [3.8, 4) is 0 Å². The maximum Gasteiger partial charge on any atom is 0.269 e. The molecule has 1 rings (SSSR count). The van der Waals surface area contributed by atoms with Crippen LogP contribution in [0.1, 0.15) is 5.56 Å². The van der Waals surface area contributed by atoms with E-state index in [1.807, 2.05) is 0 Å². The minimum Gasteiger partial charge on any atom is -0.394 e. The third-order valence-corrected chi connectivity index (χ3v) is 2.58. The quantitative estimate of drug-likeness (QED) is 0.425. The fraction of sp³-hybridized carbons (Fsp3) is 0.455. The van der Waals surface area contributed by atoms with E-state index in [4.69, 9.17) is 21.4 Å². The van der Waals surface area contributed by atoms with Crippen molar-refractivity contribution in [2.45, 2.75) is 6.54 Å². The van der Waals surface area contributed by atoms with Crippen LogP contribution in [0.3, 0.4) is 0 Å². The number of nitro groups is 1. The molecule has 0 saturated heterocycles. The highest BCUT2D eigenvalue weighted by Crippen LogP contribution is 2.21. The van der Waals surface area contributed by atoms with Crippen LogP contribution in [0.25, 0.3) is 0 Å². The van der Waals surface area contributed by atoms with E-state index in [0.717, 1.165) is 0 Å². The number of halogens is 1. The average Bonchev–Trinajstić information content (AvgIpc) is 2.35. The summed E-state index contributed by atoms with van der Waals surface area (Å²) in [7, 11) is 0. The molecule has 0 heterocycles. The molecule has 0 aliphatic heterocycles. The smallest absolute Gasteiger partial charge is 0.269 e. The number of nitrogens with one attached hydrogen (secondary N) is 1. The van der Waals surface area contributed by atoms with Gasteiger partial charge in [-0.15, -0.1) is 0 Å². The normalized spacial score (nSPS) is 10.6. The highest BCUT2D eigenvalue weighted by atomic mass is 35.5. The van der Waals surface area contributed by atoms with Crippen LogP contribution in [-0.2, 0) is 11.3 Å². The van der Waals surface area contributed by atoms with Gasteiger partial charge in [-0.25, -0.2) is 0 Å². The van der Waals surface area contributed by atoms with E-state index in [1.165, 1.54) is 18.2 Å². The van der Waals surface area contributed by atoms with Crippen molar-refractivity contribution in [1.29, 1.82) is 0 Å². The third kappa shape index (κ3) is 4.97. The second kappa shape index (κ2) is 7.99. The molecule has 0 bridgehead atoms. The SMILES string of the molecule is O=[N+]([O-])c1ccc(Cl)c(CNCCOCCO)c1. The zero-order valence-electron chi connectivity index (χ0n) is 9.76. The largest absolute Gasteiger partial charge is 0.394 e. The number of non-ortho nitro benzene ring substituents is 1. The molecule has 0 spiro atoms. The van der Waals surface area contributed by atoms with E-state index in [-0.39, 0.29) is 12.3 Å². The molecule has 100 valence electrons. The Morgan fingerprint density at radius 3 is 2.89 bits per heavy atom. The van der Waals surface area contributed by atoms with Gasteiger partial charge in [-0.1, -0.05) is 11.6 Å². The Morgan fingerprint density at radius 1 is 1.44 bits per heavy atom. The van der Waals surface area contributed by atoms with E-state index >= 15 is 0 Å². The topological polar surface area (TPSA) is 84.6 Å². The van der Waals surface area contributed by atoms with Crippen molar-refractivity contribution < 1.29 is 14.8 Å². The van der Waals surface area contributed by atoms with Crippen LogP contribution in [0, 0.1) is 10.1 Å². The Kier molecular flexibility index (Phi) is 6.59. The maximum absolute atomic E-state index is 10.6. The number of aliphatic hydroxyl groups excluding tert-OH is 1. The van der Waals surface area contributed by atoms with Crippen molar-refractivity contribution in [3.05, 3.63) is 38.9 Å². The molecule has 6 nitrogen and oxygen atoms in total. The van der Waals surface area contributed by atoms with Gasteiger partial charge in [0.1, 0.15) is 0 Å². The van der Waals surface area contributed by atoms with E-state index < -0.39 is 4.92 Å². The molecule has 1 aromatic carbocycles. The fourth-order valence-corrected chi connectivity index (χ4v) is 1.53. The van der Waals surface area contributed by atoms with Gasteiger partial charge in [0.2, 0.25) is 0 Å². The van der Waals surface area contributed by atoms with Gasteiger partial charge in [0.05, 0.1) is 24.7 Å². The second-order valence-electron chi connectivity index (χ2n) is 3.55. The minimum atomic E-state index is -0.454. The van der Waals surface area contributed by atoms with Crippen LogP contribution in [0.2, 0.25) is 5.02 Å². The molecule has 0 saturated carbocycles. The molecule has 0 aliphatic carbocycles. The van der Waals surface area contributed by atoms with Crippen molar-refractivity contribution >= 4 is 17.3 Å². The molecular formula is C11H15ClN2O4. The number of nitro benzene ring substituents is 1. The van der Waals surface area contributed by atoms with Gasteiger partial charge in [-0.05, 0) is 11.6 Å². The Bertz CT molecular complexity index is 401. The van der Waals surface area contributed by atoms with Crippen LogP contribution in [0.4, 0.5) is 5.69 Å². The van der Waals surface area contributed by atoms with E-state index in [9.17, 15) is 10.1 Å². The van der Waals surface area contributed by atoms with Gasteiger partial charge in [0.25, 0.3) is 5.69 Å². The summed E-state index contributed by atoms with van der Waals surface area (Å²) in [6, 6.07) is 4.33. The van der Waals surface area contributed by atoms with E-state index in [1.54, 1.807) is 0 Å². The maximum atomic E-state index is 10.6. The standard InChI is InChI=1S/C11H15ClN2O4/c12-11-2-1-10(14(16)17)7-9(11)8-13-3-5-18-6-4-15/h1-2,7,13,15H,3-6,8H2. The van der Waals surface area contributed by atoms with Gasteiger partial charge in [-0.3, -0.25) is 10.1 Å². The lowest BCUT2D eigenvalue weighted by atomic mass is 10.2. The molecular weight excluding hydrogens is 260 g/mol. The van der Waals surface area contributed by atoms with Crippen molar-refractivity contribution in [3.63, 3.8) is 0 Å². The summed E-state index contributed by atoms with van der Waals surface area (Å²) in [5.41, 5.74) is 0.695. The molecule has 0 radical (unpaired) electrons. The zero-order chi connectivity index (χ0) is 13.4. The first kappa shape index (κ1) is 14.8. The van der Waals surface area contributed by atoms with E-state index in [0.29, 0.717) is 36.9 Å². The van der Waals surface area contributed by atoms with Crippen molar-refractivity contribution in [2.75, 3.05) is 26.4 Å². The van der Waals surface area contributed by atoms with Crippen LogP contribution < -0.4 is 5.32 Å². The van der Waals surface area contributed by atoms with Crippen molar-refractivity contribution in [2.24, 2.45) is 0 Å². The highest BCUT2D eigenvalue weighted by Gasteiger charge is 2.09. The summed E-state index contributed by atoms with van der Waals surface area (Å²) in [4.78, 5) is 10.2. The van der Waals surface area contributed by atoms with E-state index in [2.05, 4.69) is 5.32 Å². The summed E-state index contributed by atoms with van der Waals surface area (Å²) in [5, 5.41) is 22.6. The molecule has 18 heavy (non-hydrogen) atoms. The molecule has 0 amide bonds. The van der Waals surface area contributed by atoms with Gasteiger partial charge in [-0.2, -0.15) is 0 Å². The molecule has 2 N–H and O–H groups in total. The molecule has 0 fully saturated rings. The lowest BCUT2D eigenvalue weighted by Gasteiger charge is -2.07. The van der Waals surface area contributed by atoms with Gasteiger partial charge in [0, 0.05) is 30.2 Å². The molecule has 0 aliphatic rings. The van der Waals surface area contributed by atoms with Crippen LogP contribution in [-0.4, -0.2) is 36.4 Å². The molecule has 0 aromatic heterocycles. The summed E-state index contributed by atoms with van der Waals surface area (Å²) >= 11 is 5.94. The monoisotopic (exact) mass is 274 g/mol. The Hall–Kier alpha value is -1.21. The number of nitrogens with zero attached hydrogens (tertiary/aromatic N) is 1. The number of rotatable bonds is 8. The molecule has 0 unspecified atom stereocenters. The van der Waals surface area contributed by atoms with Crippen LogP contribution in [0.15, 0.2) is 18.2 Å². The first-order valence-corrected chi connectivity index (χ1v) is 5.85. The number of ether oxygens (including phenoxy) is 1. The van der Waals surface area contributed by atoms with Crippen LogP contribution in [0.5, 0.6) is 0 Å². The number of hydrogen-bond acceptors (Lipinski definition) is 5. The highest BCUT2D eigenvalue weighted by molar-refractivity contribution is 6.31. The van der Waals surface area contributed by atoms with Gasteiger partial charge >= 0.3 is 0 Å². The zero-order valence-corrected chi connectivity index (χ0v) is 10.5. The Labute approximate surface area is 110 Å². The van der Waals surface area contributed by atoms with Crippen molar-refractivity contribution in [1.82, 2.24) is 5.32 Å². The predicted octanol–water partition coefficient (Wildman–Crippen LogP) is 1.35. The number of aliphatic hydroxyl groups is 1. The molecule has 1 aromatic rings. The molecule has 0 atom stereocenters. The summed E-state index contributed by atoms with van der Waals surface area (Å²) in [6.07, 6.45) is 0. The van der Waals surface area contributed by atoms with Crippen LogP contribution >= 0.6 is 11.6 Å². The number of benzene rings is 1. The van der Waals surface area contributed by atoms with Gasteiger partial charge in [0.15, 0.2) is 0 Å².